The SMILES string of the molecule is CC[C@@H](C)NC(=O)[C@@H](CC)N(CCc1ccccc1)C(=O)CN(c1ccccc1Cl)S(=O)(=O)c1ccc(C)cc1. The van der Waals surface area contributed by atoms with E-state index in [0.717, 1.165) is 21.9 Å². The van der Waals surface area contributed by atoms with E-state index in [1.165, 1.54) is 17.0 Å². The zero-order chi connectivity index (χ0) is 29.3. The van der Waals surface area contributed by atoms with Crippen molar-refractivity contribution in [1.82, 2.24) is 10.2 Å². The number of nitrogens with zero attached hydrogens (tertiary/aromatic N) is 2. The number of halogens is 1. The molecular formula is C31H38ClN3O4S. The lowest BCUT2D eigenvalue weighted by Gasteiger charge is -2.34. The summed E-state index contributed by atoms with van der Waals surface area (Å²) in [6, 6.07) is 21.8. The van der Waals surface area contributed by atoms with E-state index in [2.05, 4.69) is 5.32 Å². The van der Waals surface area contributed by atoms with Gasteiger partial charge < -0.3 is 10.2 Å². The lowest BCUT2D eigenvalue weighted by Crippen LogP contribution is -2.54. The maximum atomic E-state index is 14.0. The minimum Gasteiger partial charge on any atom is -0.352 e. The van der Waals surface area contributed by atoms with Crippen molar-refractivity contribution < 1.29 is 18.0 Å². The molecule has 3 aromatic carbocycles. The Morgan fingerprint density at radius 2 is 1.52 bits per heavy atom. The molecule has 0 heterocycles. The minimum absolute atomic E-state index is 0.0446. The molecule has 1 N–H and O–H groups in total. The number of sulfonamides is 1. The molecule has 0 fully saturated rings. The number of benzene rings is 3. The molecule has 0 bridgehead atoms. The van der Waals surface area contributed by atoms with E-state index < -0.39 is 28.5 Å². The van der Waals surface area contributed by atoms with Crippen molar-refractivity contribution in [3.63, 3.8) is 0 Å². The van der Waals surface area contributed by atoms with Crippen LogP contribution in [0.5, 0.6) is 0 Å². The molecule has 7 nitrogen and oxygen atoms in total. The summed E-state index contributed by atoms with van der Waals surface area (Å²) in [5.74, 6) is -0.748. The Morgan fingerprint density at radius 3 is 2.12 bits per heavy atom. The van der Waals surface area contributed by atoms with Crippen molar-refractivity contribution in [1.29, 1.82) is 0 Å². The first-order chi connectivity index (χ1) is 19.1. The lowest BCUT2D eigenvalue weighted by atomic mass is 10.1. The van der Waals surface area contributed by atoms with Gasteiger partial charge in [0.15, 0.2) is 0 Å². The Kier molecular flexibility index (Phi) is 11.2. The standard InChI is InChI=1S/C31H38ClN3O4S/c1-5-24(4)33-31(37)28(6-2)34(21-20-25-12-8-7-9-13-25)30(36)22-35(29-15-11-10-14-27(29)32)40(38,39)26-18-16-23(3)17-19-26/h7-19,24,28H,5-6,20-22H2,1-4H3,(H,33,37)/t24-,28-/m1/s1. The van der Waals surface area contributed by atoms with E-state index in [-0.39, 0.29) is 34.1 Å². The van der Waals surface area contributed by atoms with Crippen molar-refractivity contribution in [2.45, 2.75) is 63.9 Å². The summed E-state index contributed by atoms with van der Waals surface area (Å²) in [7, 11) is -4.16. The summed E-state index contributed by atoms with van der Waals surface area (Å²) in [6.45, 7) is 7.33. The third kappa shape index (κ3) is 7.86. The molecule has 2 atom stereocenters. The number of para-hydroxylation sites is 1. The number of hydrogen-bond acceptors (Lipinski definition) is 4. The lowest BCUT2D eigenvalue weighted by molar-refractivity contribution is -0.139. The first kappa shape index (κ1) is 31.2. The van der Waals surface area contributed by atoms with Gasteiger partial charge in [0.05, 0.1) is 15.6 Å². The van der Waals surface area contributed by atoms with Crippen LogP contribution in [0.15, 0.2) is 83.8 Å². The average molecular weight is 584 g/mol. The van der Waals surface area contributed by atoms with Crippen LogP contribution in [0.1, 0.15) is 44.7 Å². The molecule has 9 heteroatoms. The summed E-state index contributed by atoms with van der Waals surface area (Å²) in [4.78, 5) is 28.9. The highest BCUT2D eigenvalue weighted by Gasteiger charge is 2.34. The maximum Gasteiger partial charge on any atom is 0.264 e. The van der Waals surface area contributed by atoms with Gasteiger partial charge in [-0.1, -0.05) is 85.6 Å². The van der Waals surface area contributed by atoms with Crippen LogP contribution in [0.3, 0.4) is 0 Å². The molecule has 3 aromatic rings. The highest BCUT2D eigenvalue weighted by molar-refractivity contribution is 7.92. The van der Waals surface area contributed by atoms with Crippen molar-refractivity contribution >= 4 is 39.1 Å². The molecule has 3 rings (SSSR count). The first-order valence-electron chi connectivity index (χ1n) is 13.6. The Hall–Kier alpha value is -3.36. The monoisotopic (exact) mass is 583 g/mol. The maximum absolute atomic E-state index is 14.0. The van der Waals surface area contributed by atoms with Gasteiger partial charge in [-0.15, -0.1) is 0 Å². The van der Waals surface area contributed by atoms with Gasteiger partial charge in [-0.05, 0) is 62.9 Å². The van der Waals surface area contributed by atoms with Crippen molar-refractivity contribution in [2.24, 2.45) is 0 Å². The second kappa shape index (κ2) is 14.3. The van der Waals surface area contributed by atoms with Crippen molar-refractivity contribution in [3.8, 4) is 0 Å². The smallest absolute Gasteiger partial charge is 0.264 e. The summed E-state index contributed by atoms with van der Waals surface area (Å²) in [5, 5.41) is 3.18. The third-order valence-electron chi connectivity index (χ3n) is 6.88. The van der Waals surface area contributed by atoms with Crippen LogP contribution in [0.25, 0.3) is 0 Å². The topological polar surface area (TPSA) is 86.8 Å². The second-order valence-electron chi connectivity index (χ2n) is 9.84. The number of anilines is 1. The fourth-order valence-electron chi connectivity index (χ4n) is 4.34. The van der Waals surface area contributed by atoms with Gasteiger partial charge in [-0.25, -0.2) is 8.42 Å². The number of hydrogen-bond donors (Lipinski definition) is 1. The molecule has 0 spiro atoms. The van der Waals surface area contributed by atoms with Gasteiger partial charge in [0.1, 0.15) is 12.6 Å². The Labute approximate surface area is 243 Å². The van der Waals surface area contributed by atoms with Gasteiger partial charge in [0.2, 0.25) is 11.8 Å². The number of carbonyl (C=O) groups is 2. The molecule has 0 saturated heterocycles. The van der Waals surface area contributed by atoms with Gasteiger partial charge in [0, 0.05) is 12.6 Å². The molecule has 0 aliphatic carbocycles. The van der Waals surface area contributed by atoms with E-state index in [4.69, 9.17) is 11.6 Å². The molecule has 0 aliphatic rings. The summed E-state index contributed by atoms with van der Waals surface area (Å²) in [5.41, 5.74) is 2.11. The molecule has 214 valence electrons. The van der Waals surface area contributed by atoms with E-state index in [9.17, 15) is 18.0 Å². The predicted octanol–water partition coefficient (Wildman–Crippen LogP) is 5.61. The fraction of sp³-hybridized carbons (Fsp3) is 0.355. The molecule has 0 saturated carbocycles. The van der Waals surface area contributed by atoms with Gasteiger partial charge in [-0.2, -0.15) is 0 Å². The normalized spacial score (nSPS) is 12.8. The van der Waals surface area contributed by atoms with E-state index >= 15 is 0 Å². The predicted molar refractivity (Wildman–Crippen MR) is 161 cm³/mol. The van der Waals surface area contributed by atoms with E-state index in [1.807, 2.05) is 58.0 Å². The van der Waals surface area contributed by atoms with Crippen LogP contribution < -0.4 is 9.62 Å². The zero-order valence-electron chi connectivity index (χ0n) is 23.5. The second-order valence-corrected chi connectivity index (χ2v) is 12.1. The molecular weight excluding hydrogens is 546 g/mol. The fourth-order valence-corrected chi connectivity index (χ4v) is 6.06. The van der Waals surface area contributed by atoms with Crippen LogP contribution in [0.2, 0.25) is 5.02 Å². The number of nitrogens with one attached hydrogen (secondary N) is 1. The highest BCUT2D eigenvalue weighted by Crippen LogP contribution is 2.30. The van der Waals surface area contributed by atoms with Gasteiger partial charge in [0.25, 0.3) is 10.0 Å². The van der Waals surface area contributed by atoms with Gasteiger partial charge in [-0.3, -0.25) is 13.9 Å². The van der Waals surface area contributed by atoms with Crippen molar-refractivity contribution in [3.05, 3.63) is 95.0 Å². The summed E-state index contributed by atoms with van der Waals surface area (Å²) >= 11 is 6.46. The summed E-state index contributed by atoms with van der Waals surface area (Å²) in [6.07, 6.45) is 1.63. The van der Waals surface area contributed by atoms with Crippen molar-refractivity contribution in [2.75, 3.05) is 17.4 Å². The summed E-state index contributed by atoms with van der Waals surface area (Å²) < 4.78 is 28.9. The Balaban J connectivity index is 2.02. The number of rotatable bonds is 13. The van der Waals surface area contributed by atoms with Crippen LogP contribution in [-0.2, 0) is 26.0 Å². The zero-order valence-corrected chi connectivity index (χ0v) is 25.1. The Morgan fingerprint density at radius 1 is 0.900 bits per heavy atom. The molecule has 0 radical (unpaired) electrons. The average Bonchev–Trinajstić information content (AvgIpc) is 2.94. The highest BCUT2D eigenvalue weighted by atomic mass is 35.5. The van der Waals surface area contributed by atoms with Crippen LogP contribution in [0, 0.1) is 6.92 Å². The van der Waals surface area contributed by atoms with Crippen LogP contribution in [0.4, 0.5) is 5.69 Å². The van der Waals surface area contributed by atoms with Crippen LogP contribution >= 0.6 is 11.6 Å². The van der Waals surface area contributed by atoms with E-state index in [1.54, 1.807) is 36.4 Å². The third-order valence-corrected chi connectivity index (χ3v) is 8.97. The molecule has 0 aliphatic heterocycles. The number of aryl methyl sites for hydroxylation is 1. The molecule has 0 aromatic heterocycles. The first-order valence-corrected chi connectivity index (χ1v) is 15.4. The Bertz CT molecular complexity index is 1380. The molecule has 40 heavy (non-hydrogen) atoms. The van der Waals surface area contributed by atoms with Gasteiger partial charge >= 0.3 is 0 Å². The molecule has 0 unspecified atom stereocenters. The number of amides is 2. The largest absolute Gasteiger partial charge is 0.352 e. The minimum atomic E-state index is -4.16. The van der Waals surface area contributed by atoms with Crippen LogP contribution in [-0.4, -0.2) is 50.3 Å². The number of carbonyl (C=O) groups excluding carboxylic acids is 2. The molecule has 2 amide bonds. The van der Waals surface area contributed by atoms with E-state index in [0.29, 0.717) is 12.8 Å². The quantitative estimate of drug-likeness (QED) is 0.283.